The lowest BCUT2D eigenvalue weighted by atomic mass is 10.3. The van der Waals surface area contributed by atoms with E-state index in [4.69, 9.17) is 0 Å². The number of benzene rings is 1. The van der Waals surface area contributed by atoms with Crippen LogP contribution in [0.1, 0.15) is 5.56 Å². The summed E-state index contributed by atoms with van der Waals surface area (Å²) in [4.78, 5) is 30.8. The molecule has 0 amide bonds. The molecule has 0 atom stereocenters. The van der Waals surface area contributed by atoms with Crippen LogP contribution in [0, 0.1) is 5.82 Å². The normalized spacial score (nSPS) is 15.8. The highest BCUT2D eigenvalue weighted by Gasteiger charge is 2.25. The van der Waals surface area contributed by atoms with Gasteiger partial charge in [-0.1, -0.05) is 11.8 Å². The van der Waals surface area contributed by atoms with Crippen LogP contribution in [-0.2, 0) is 11.3 Å². The number of fused-ring (bicyclic) bond motifs is 1. The van der Waals surface area contributed by atoms with Gasteiger partial charge in [-0.3, -0.25) is 19.1 Å². The van der Waals surface area contributed by atoms with Crippen LogP contribution >= 0.6 is 23.1 Å². The highest BCUT2D eigenvalue weighted by molar-refractivity contribution is 8.08. The summed E-state index contributed by atoms with van der Waals surface area (Å²) < 4.78 is 15.8. The Kier molecular flexibility index (Phi) is 4.78. The molecule has 0 bridgehead atoms. The molecule has 1 aliphatic rings. The molecule has 2 aromatic heterocycles. The van der Waals surface area contributed by atoms with Gasteiger partial charge in [-0.25, -0.2) is 4.39 Å². The monoisotopic (exact) mass is 415 g/mol. The van der Waals surface area contributed by atoms with Gasteiger partial charge >= 0.3 is 5.97 Å². The number of anilines is 1. The van der Waals surface area contributed by atoms with Crippen molar-refractivity contribution in [1.29, 1.82) is 0 Å². The van der Waals surface area contributed by atoms with Gasteiger partial charge in [0.25, 0.3) is 5.56 Å². The zero-order chi connectivity index (χ0) is 19.8. The number of carboxylic acids is 1. The van der Waals surface area contributed by atoms with Crippen LogP contribution < -0.4 is 19.7 Å². The topological polar surface area (TPSA) is 75.4 Å². The first kappa shape index (κ1) is 18.5. The average molecular weight is 415 g/mol. The molecular weight excluding hydrogens is 401 g/mol. The number of rotatable bonds is 3. The van der Waals surface area contributed by atoms with Gasteiger partial charge in [-0.05, 0) is 42.0 Å². The van der Waals surface area contributed by atoms with Crippen molar-refractivity contribution in [2.24, 2.45) is 0 Å². The van der Waals surface area contributed by atoms with Crippen LogP contribution in [0.2, 0.25) is 0 Å². The van der Waals surface area contributed by atoms with E-state index in [2.05, 4.69) is 4.98 Å². The van der Waals surface area contributed by atoms with E-state index in [1.165, 1.54) is 39.8 Å². The van der Waals surface area contributed by atoms with E-state index in [0.29, 0.717) is 14.2 Å². The van der Waals surface area contributed by atoms with Crippen molar-refractivity contribution in [1.82, 2.24) is 9.55 Å². The van der Waals surface area contributed by atoms with Crippen molar-refractivity contribution in [3.05, 3.63) is 73.7 Å². The van der Waals surface area contributed by atoms with Crippen molar-refractivity contribution < 1.29 is 14.3 Å². The first-order valence-corrected chi connectivity index (χ1v) is 9.86. The number of carboxylic acid groups (broad SMARTS) is 1. The van der Waals surface area contributed by atoms with Gasteiger partial charge in [0.15, 0.2) is 0 Å². The molecule has 0 aliphatic carbocycles. The fourth-order valence-corrected chi connectivity index (χ4v) is 5.32. The molecule has 0 radical (unpaired) electrons. The van der Waals surface area contributed by atoms with E-state index in [1.807, 2.05) is 4.90 Å². The summed E-state index contributed by atoms with van der Waals surface area (Å²) in [6.07, 6.45) is 5.01. The quantitative estimate of drug-likeness (QED) is 0.701. The molecule has 0 saturated heterocycles. The SMILES string of the molecule is CN1/C(=c2\s/c(=C\c3ccncc3)n(CC(=O)O)c2=O)Sc2cc(F)ccc21. The summed E-state index contributed by atoms with van der Waals surface area (Å²) in [5.74, 6) is -1.44. The number of thiazole rings is 1. The molecule has 0 unspecified atom stereocenters. The number of nitrogens with zero attached hydrogens (tertiary/aromatic N) is 3. The lowest BCUT2D eigenvalue weighted by Gasteiger charge is -2.12. The maximum Gasteiger partial charge on any atom is 0.323 e. The number of pyridine rings is 1. The minimum absolute atomic E-state index is 0.345. The number of thioether (sulfide) groups is 1. The molecule has 0 fully saturated rings. The van der Waals surface area contributed by atoms with Gasteiger partial charge in [-0.2, -0.15) is 0 Å². The van der Waals surface area contributed by atoms with Gasteiger partial charge < -0.3 is 10.0 Å². The van der Waals surface area contributed by atoms with Crippen molar-refractivity contribution in [2.75, 3.05) is 11.9 Å². The molecule has 142 valence electrons. The highest BCUT2D eigenvalue weighted by atomic mass is 32.2. The Hall–Kier alpha value is -2.91. The number of carbonyl (C=O) groups is 1. The molecule has 0 spiro atoms. The Morgan fingerprint density at radius 2 is 2.04 bits per heavy atom. The third kappa shape index (κ3) is 3.34. The van der Waals surface area contributed by atoms with Gasteiger partial charge in [-0.15, -0.1) is 11.3 Å². The predicted molar refractivity (Wildman–Crippen MR) is 107 cm³/mol. The third-order valence-corrected chi connectivity index (χ3v) is 6.66. The maximum absolute atomic E-state index is 13.6. The summed E-state index contributed by atoms with van der Waals surface area (Å²) in [6, 6.07) is 8.02. The van der Waals surface area contributed by atoms with E-state index in [9.17, 15) is 19.1 Å². The lowest BCUT2D eigenvalue weighted by Crippen LogP contribution is -2.35. The maximum atomic E-state index is 13.6. The second-order valence-corrected chi connectivity index (χ2v) is 8.12. The van der Waals surface area contributed by atoms with Crippen LogP contribution in [0.4, 0.5) is 10.1 Å². The van der Waals surface area contributed by atoms with E-state index in [-0.39, 0.29) is 11.4 Å². The molecule has 9 heteroatoms. The molecule has 4 rings (SSSR count). The van der Waals surface area contributed by atoms with Gasteiger partial charge in [0, 0.05) is 24.3 Å². The van der Waals surface area contributed by atoms with Crippen molar-refractivity contribution in [2.45, 2.75) is 11.4 Å². The van der Waals surface area contributed by atoms with Crippen LogP contribution in [0.3, 0.4) is 0 Å². The van der Waals surface area contributed by atoms with Gasteiger partial charge in [0.1, 0.15) is 21.9 Å². The number of aliphatic carboxylic acids is 1. The lowest BCUT2D eigenvalue weighted by molar-refractivity contribution is -0.137. The van der Waals surface area contributed by atoms with Crippen LogP contribution in [0.15, 0.2) is 52.4 Å². The fraction of sp³-hybridized carbons (Fsp3) is 0.105. The zero-order valence-corrected chi connectivity index (χ0v) is 16.3. The molecular formula is C19H14FN3O3S2. The van der Waals surface area contributed by atoms with Crippen LogP contribution in [0.25, 0.3) is 11.1 Å². The van der Waals surface area contributed by atoms with Crippen molar-refractivity contribution in [3.63, 3.8) is 0 Å². The second-order valence-electron chi connectivity index (χ2n) is 6.06. The van der Waals surface area contributed by atoms with Gasteiger partial charge in [0.2, 0.25) is 0 Å². The van der Waals surface area contributed by atoms with Gasteiger partial charge in [0.05, 0.1) is 10.4 Å². The minimum atomic E-state index is -1.10. The van der Waals surface area contributed by atoms with E-state index in [0.717, 1.165) is 16.1 Å². The number of aromatic nitrogens is 2. The number of halogens is 1. The van der Waals surface area contributed by atoms with E-state index < -0.39 is 12.5 Å². The summed E-state index contributed by atoms with van der Waals surface area (Å²) in [6.45, 7) is -0.435. The minimum Gasteiger partial charge on any atom is -0.480 e. The Labute approximate surface area is 166 Å². The molecule has 1 aliphatic heterocycles. The summed E-state index contributed by atoms with van der Waals surface area (Å²) in [7, 11) is 1.80. The molecule has 3 heterocycles. The first-order chi connectivity index (χ1) is 13.4. The molecule has 6 nitrogen and oxygen atoms in total. The highest BCUT2D eigenvalue weighted by Crippen LogP contribution is 2.45. The summed E-state index contributed by atoms with van der Waals surface area (Å²) in [5, 5.41) is 9.89. The van der Waals surface area contributed by atoms with Crippen LogP contribution in [0.5, 0.6) is 0 Å². The largest absolute Gasteiger partial charge is 0.480 e. The molecule has 1 N–H and O–H groups in total. The molecule has 3 aromatic rings. The Morgan fingerprint density at radius 1 is 1.29 bits per heavy atom. The standard InChI is InChI=1S/C19H14FN3O3S2/c1-22-13-3-2-12(20)9-14(13)27-19(22)17-18(26)23(10-16(24)25)15(28-17)8-11-4-6-21-7-5-11/h2-9H,10H2,1H3,(H,24,25)/b15-8-,19-17+. The first-order valence-electron chi connectivity index (χ1n) is 8.22. The molecule has 0 saturated carbocycles. The fourth-order valence-electron chi connectivity index (χ4n) is 2.88. The van der Waals surface area contributed by atoms with Crippen LogP contribution in [-0.4, -0.2) is 27.7 Å². The summed E-state index contributed by atoms with van der Waals surface area (Å²) in [5.41, 5.74) is 1.23. The van der Waals surface area contributed by atoms with Crippen molar-refractivity contribution >= 4 is 45.9 Å². The summed E-state index contributed by atoms with van der Waals surface area (Å²) >= 11 is 2.52. The Morgan fingerprint density at radius 3 is 2.75 bits per heavy atom. The molecule has 28 heavy (non-hydrogen) atoms. The Bertz CT molecular complexity index is 1250. The third-order valence-electron chi connectivity index (χ3n) is 4.19. The zero-order valence-electron chi connectivity index (χ0n) is 14.6. The number of hydrogen-bond donors (Lipinski definition) is 1. The van der Waals surface area contributed by atoms with E-state index >= 15 is 0 Å². The van der Waals surface area contributed by atoms with Crippen molar-refractivity contribution in [3.8, 4) is 0 Å². The molecule has 1 aromatic carbocycles. The smallest absolute Gasteiger partial charge is 0.323 e. The Balaban J connectivity index is 1.95. The van der Waals surface area contributed by atoms with E-state index in [1.54, 1.807) is 43.7 Å². The number of hydrogen-bond acceptors (Lipinski definition) is 6. The predicted octanol–water partition coefficient (Wildman–Crippen LogP) is 1.67. The second kappa shape index (κ2) is 7.25. The average Bonchev–Trinajstić information content (AvgIpc) is 3.13.